The first kappa shape index (κ1) is 91.0. The Balaban J connectivity index is 0.000000213. The van der Waals surface area contributed by atoms with E-state index in [9.17, 15) is 52.7 Å². The fraction of sp³-hybridized carbons (Fsp3) is 0.333. The second-order valence-electron chi connectivity index (χ2n) is 33.3. The number of piperidine rings is 2. The van der Waals surface area contributed by atoms with Crippen molar-refractivity contribution in [2.45, 2.75) is 149 Å². The molecule has 129 heavy (non-hydrogen) atoms. The lowest BCUT2D eigenvalue weighted by Crippen LogP contribution is -2.57. The molecule has 9 amide bonds. The van der Waals surface area contributed by atoms with Crippen molar-refractivity contribution in [3.63, 3.8) is 0 Å². The monoisotopic (exact) mass is 1750 g/mol. The molecular weight excluding hydrogens is 1640 g/mol. The van der Waals surface area contributed by atoms with Gasteiger partial charge in [-0.3, -0.25) is 52.9 Å². The molecule has 6 aromatic carbocycles. The van der Waals surface area contributed by atoms with Gasteiger partial charge in [-0.25, -0.2) is 9.69 Å². The molecule has 3 saturated heterocycles. The number of carbonyl (C=O) groups excluding carboxylic acids is 11. The molecule has 10 aromatic rings. The maximum atomic E-state index is 14.2. The summed E-state index contributed by atoms with van der Waals surface area (Å²) in [7, 11) is 7.05. The third kappa shape index (κ3) is 22.6. The summed E-state index contributed by atoms with van der Waals surface area (Å²) in [4.78, 5) is 153. The van der Waals surface area contributed by atoms with Crippen molar-refractivity contribution < 1.29 is 76.4 Å². The van der Waals surface area contributed by atoms with Crippen LogP contribution >= 0.6 is 0 Å². The predicted molar refractivity (Wildman–Crippen MR) is 493 cm³/mol. The highest BCUT2D eigenvalue weighted by atomic mass is 16.7. The standard InChI is InChI=1S/C54H61N7O10.C45H47N7O6/c1-6-24-70-54(67)61-44-31-47(34(2)27-42(44)52(66)60-23-9-7-12-43(60)53(61)71-49-14-8-10-25-69-49)68-26-11-13-48(63)55-41-30-46(59(5)33-41)51(65)57-40-21-17-37(18-22-40)38-29-45(58(4)32-38)50(64)56-39-19-15-36(16-20-39)28-35(3)62;1-28-20-37-38(46-25-36-8-5-6-18-52(36)45(37)57)24-41(28)58-19-7-9-42(54)47-35-23-40(51(4)27-35)44(56)49-34-16-12-31(13-17-34)32-22-39(50(3)26-32)43(55)48-33-14-10-30(11-15-33)21-29(2)53/h6,15-22,27,29-33,43,49,53H,1,7-14,23-26,28H2,2-5H3,(H,55,63)(H,56,64)(H,57,65);10-17,20,22-27,36H,5-9,18-19,21H2,1-4H3,(H,47,54)(H,48,55)(H,49,56)/t43-,49?,53?;36-/m00/s1. The van der Waals surface area contributed by atoms with Crippen LogP contribution < -0.4 is 46.3 Å². The summed E-state index contributed by atoms with van der Waals surface area (Å²) < 4.78 is 37.2. The average molecular weight is 1750 g/mol. The Morgan fingerprint density at radius 1 is 0.481 bits per heavy atom. The maximum Gasteiger partial charge on any atom is 0.416 e. The van der Waals surface area contributed by atoms with E-state index in [1.165, 1.54) is 17.9 Å². The van der Waals surface area contributed by atoms with Crippen molar-refractivity contribution in [1.82, 2.24) is 28.1 Å². The number of rotatable bonds is 30. The lowest BCUT2D eigenvalue weighted by Gasteiger charge is -2.42. The Bertz CT molecular complexity index is 5910. The van der Waals surface area contributed by atoms with E-state index in [-0.39, 0.29) is 90.9 Å². The fourth-order valence-corrected chi connectivity index (χ4v) is 16.6. The average Bonchev–Trinajstić information content (AvgIpc) is 1.61. The predicted octanol–water partition coefficient (Wildman–Crippen LogP) is 16.3. The molecule has 0 bridgehead atoms. The number of nitrogens with one attached hydrogen (secondary N) is 6. The van der Waals surface area contributed by atoms with Gasteiger partial charge in [0.25, 0.3) is 35.4 Å². The Morgan fingerprint density at radius 2 is 0.922 bits per heavy atom. The van der Waals surface area contributed by atoms with Crippen molar-refractivity contribution in [1.29, 1.82) is 0 Å². The number of ether oxygens (including phenoxy) is 5. The molecule has 0 spiro atoms. The van der Waals surface area contributed by atoms with Crippen LogP contribution in [0.25, 0.3) is 22.3 Å². The van der Waals surface area contributed by atoms with Gasteiger partial charge in [0.05, 0.1) is 59.2 Å². The Hall–Kier alpha value is -14.3. The summed E-state index contributed by atoms with van der Waals surface area (Å²) >= 11 is 0. The molecule has 4 atom stereocenters. The number of carbonyl (C=O) groups is 11. The molecule has 0 aliphatic carbocycles. The van der Waals surface area contributed by atoms with Gasteiger partial charge in [0.15, 0.2) is 12.5 Å². The number of anilines is 7. The number of fused-ring (bicyclic) bond motifs is 4. The van der Waals surface area contributed by atoms with E-state index in [1.807, 2.05) is 103 Å². The molecule has 9 heterocycles. The molecule has 30 heteroatoms. The van der Waals surface area contributed by atoms with E-state index in [2.05, 4.69) is 43.5 Å². The summed E-state index contributed by atoms with van der Waals surface area (Å²) in [6, 6.07) is 42.5. The number of nitrogens with zero attached hydrogens (tertiary/aromatic N) is 8. The zero-order chi connectivity index (χ0) is 91.1. The Kier molecular flexibility index (Phi) is 29.2. The third-order valence-electron chi connectivity index (χ3n) is 23.3. The molecule has 4 aromatic heterocycles. The molecular formula is C99H108N14O16. The highest BCUT2D eigenvalue weighted by Gasteiger charge is 2.47. The second-order valence-corrected chi connectivity index (χ2v) is 33.3. The summed E-state index contributed by atoms with van der Waals surface area (Å²) in [6.07, 6.45) is 18.0. The first-order chi connectivity index (χ1) is 62.2. The summed E-state index contributed by atoms with van der Waals surface area (Å²) in [5.74, 6) is -0.686. The molecule has 670 valence electrons. The number of Topliss-reactive ketones (excluding diaryl/α,β-unsaturated/α-hetero) is 2. The zero-order valence-corrected chi connectivity index (χ0v) is 73.8. The van der Waals surface area contributed by atoms with E-state index >= 15 is 0 Å². The van der Waals surface area contributed by atoms with Crippen LogP contribution in [0.1, 0.15) is 182 Å². The van der Waals surface area contributed by atoms with Gasteiger partial charge < -0.3 is 83.7 Å². The molecule has 2 unspecified atom stereocenters. The van der Waals surface area contributed by atoms with Crippen LogP contribution in [-0.2, 0) is 74.4 Å². The van der Waals surface area contributed by atoms with Gasteiger partial charge in [-0.1, -0.05) is 61.2 Å². The van der Waals surface area contributed by atoms with Gasteiger partial charge >= 0.3 is 6.09 Å². The number of benzene rings is 6. The number of aromatic nitrogens is 4. The highest BCUT2D eigenvalue weighted by molar-refractivity contribution is 6.09. The van der Waals surface area contributed by atoms with Crippen molar-refractivity contribution in [2.24, 2.45) is 33.2 Å². The zero-order valence-electron chi connectivity index (χ0n) is 73.8. The Morgan fingerprint density at radius 3 is 1.40 bits per heavy atom. The second kappa shape index (κ2) is 41.5. The lowest BCUT2D eigenvalue weighted by molar-refractivity contribution is -0.198. The number of aliphatic imine (C=N–C) groups is 1. The van der Waals surface area contributed by atoms with Gasteiger partial charge in [-0.15, -0.1) is 0 Å². The van der Waals surface area contributed by atoms with Gasteiger partial charge in [0.2, 0.25) is 11.8 Å². The van der Waals surface area contributed by atoms with Gasteiger partial charge in [0.1, 0.15) is 52.4 Å². The normalized spacial score (nSPS) is 16.2. The van der Waals surface area contributed by atoms with Crippen LogP contribution in [-0.4, -0.2) is 163 Å². The molecule has 6 N–H and O–H groups in total. The third-order valence-corrected chi connectivity index (χ3v) is 23.3. The van der Waals surface area contributed by atoms with E-state index < -0.39 is 24.7 Å². The van der Waals surface area contributed by atoms with Gasteiger partial charge in [0, 0.05) is 151 Å². The van der Waals surface area contributed by atoms with Crippen molar-refractivity contribution in [3.05, 3.63) is 239 Å². The molecule has 0 saturated carbocycles. The summed E-state index contributed by atoms with van der Waals surface area (Å²) in [5, 5.41) is 17.4. The van der Waals surface area contributed by atoms with Crippen LogP contribution in [0.5, 0.6) is 11.5 Å². The number of amides is 9. The number of hydrogen-bond donors (Lipinski definition) is 6. The van der Waals surface area contributed by atoms with E-state index in [0.717, 1.165) is 90.4 Å². The van der Waals surface area contributed by atoms with Crippen molar-refractivity contribution in [2.75, 3.05) is 76.3 Å². The molecule has 5 aliphatic heterocycles. The minimum atomic E-state index is -0.868. The quantitative estimate of drug-likeness (QED) is 0.0180. The maximum absolute atomic E-state index is 14.2. The van der Waals surface area contributed by atoms with Crippen LogP contribution in [0.2, 0.25) is 0 Å². The van der Waals surface area contributed by atoms with Crippen LogP contribution in [0.4, 0.5) is 50.3 Å². The smallest absolute Gasteiger partial charge is 0.416 e. The van der Waals surface area contributed by atoms with Crippen LogP contribution in [0, 0.1) is 13.8 Å². The summed E-state index contributed by atoms with van der Waals surface area (Å²) in [6.45, 7) is 12.8. The number of ketones is 2. The molecule has 5 aliphatic rings. The van der Waals surface area contributed by atoms with Crippen molar-refractivity contribution in [3.8, 4) is 33.8 Å². The molecule has 15 rings (SSSR count). The number of hydrogen-bond acceptors (Lipinski definition) is 17. The first-order valence-electron chi connectivity index (χ1n) is 43.6. The highest BCUT2D eigenvalue weighted by Crippen LogP contribution is 2.42. The largest absolute Gasteiger partial charge is 0.493 e. The SMILES string of the molecule is C=CCOC(=O)N1c2cc(OCCCC(=O)Nc3cc(C(=O)Nc4ccc(-c5cc(C(=O)Nc6ccc(CC(C)=O)cc6)n(C)c5)cc4)n(C)c3)c(C)cc2C(=O)N2CCCC[C@H]2C1OC1CCCCO1.CC(=O)Cc1ccc(NC(=O)c2cc(-c3ccc(NC(=O)c4cc(NC(=O)CCCOc5cc6c(cc5C)C(=O)N5CCCC[C@H]5C=N6)cn4C)cc3)cn2C)cc1. The van der Waals surface area contributed by atoms with Crippen molar-refractivity contribution >= 4 is 117 Å². The lowest BCUT2D eigenvalue weighted by atomic mass is 10.00. The molecule has 0 radical (unpaired) electrons. The fourth-order valence-electron chi connectivity index (χ4n) is 16.6. The summed E-state index contributed by atoms with van der Waals surface area (Å²) in [5.41, 5.74) is 13.5. The van der Waals surface area contributed by atoms with E-state index in [4.69, 9.17) is 23.7 Å². The topological polar surface area (TPSA) is 348 Å². The Labute approximate surface area is 748 Å². The van der Waals surface area contributed by atoms with Gasteiger partial charge in [-0.05, 0) is 217 Å². The number of aryl methyl sites for hydroxylation is 6. The molecule has 3 fully saturated rings. The first-order valence-corrected chi connectivity index (χ1v) is 43.6. The van der Waals surface area contributed by atoms with Gasteiger partial charge in [-0.2, -0.15) is 0 Å². The molecule has 30 nitrogen and oxygen atoms in total. The van der Waals surface area contributed by atoms with E-state index in [0.29, 0.717) is 155 Å². The minimum Gasteiger partial charge on any atom is -0.493 e. The van der Waals surface area contributed by atoms with Crippen LogP contribution in [0.3, 0.4) is 0 Å². The van der Waals surface area contributed by atoms with E-state index in [1.54, 1.807) is 151 Å². The minimum absolute atomic E-state index is 0.00917. The van der Waals surface area contributed by atoms with Crippen LogP contribution in [0.15, 0.2) is 188 Å².